The van der Waals surface area contributed by atoms with Crippen LogP contribution in [0.4, 0.5) is 28.4 Å². The predicted molar refractivity (Wildman–Crippen MR) is 207 cm³/mol. The van der Waals surface area contributed by atoms with Crippen LogP contribution in [0.1, 0.15) is 55.6 Å². The van der Waals surface area contributed by atoms with Crippen molar-refractivity contribution in [2.24, 2.45) is 10.8 Å². The fraction of sp³-hybridized carbons (Fsp3) is 0.238. The molecule has 2 N–H and O–H groups in total. The summed E-state index contributed by atoms with van der Waals surface area (Å²) in [5.41, 5.74) is 31.2. The maximum Gasteiger partial charge on any atom is -0.358 e. The molecular weight excluding hydrogens is 770 g/mol. The number of hydrogen-bond acceptors (Lipinski definition) is 3. The maximum absolute atomic E-state index is 7.44. The van der Waals surface area contributed by atoms with Gasteiger partial charge in [0, 0.05) is 0 Å². The summed E-state index contributed by atoms with van der Waals surface area (Å²) in [4.78, 5) is 0. The van der Waals surface area contributed by atoms with Gasteiger partial charge in [-0.15, -0.1) is 11.4 Å². The summed E-state index contributed by atoms with van der Waals surface area (Å²) in [5.74, 6) is 0. The largest absolute Gasteiger partial charge is 0.358 e. The van der Waals surface area contributed by atoms with E-state index in [4.69, 9.17) is 18.7 Å². The first kappa shape index (κ1) is 45.4. The maximum atomic E-state index is 7.44. The number of nitrogens with zero attached hydrogens (tertiary/aromatic N) is 3. The second-order valence-corrected chi connectivity index (χ2v) is 13.2. The normalized spacial score (nSPS) is 9.39. The summed E-state index contributed by atoms with van der Waals surface area (Å²) in [6.45, 7) is 20.4. The zero-order valence-electron chi connectivity index (χ0n) is 31.3. The van der Waals surface area contributed by atoms with Gasteiger partial charge in [0.1, 0.15) is 0 Å². The molecule has 0 aromatic heterocycles. The first-order valence-electron chi connectivity index (χ1n) is 15.4. The molecule has 0 saturated carbocycles. The topological polar surface area (TPSA) is 84.7 Å². The van der Waals surface area contributed by atoms with E-state index in [1.165, 1.54) is 33.4 Å². The summed E-state index contributed by atoms with van der Waals surface area (Å²) >= 11 is 1.48. The standard InChI is InChI=1S/2C8H10N.3C8H9N.2CH3.2Tc/c5*1-6-4-3-5-7(2)8(6)9;;;;/h2*3-5,9H,1-2H3;3*3-5H,1-2H3;2*1H3;;/q2*-1;;;;2*-1;;+4. The van der Waals surface area contributed by atoms with Crippen molar-refractivity contribution in [3.05, 3.63) is 173 Å². The Morgan fingerprint density at radius 1 is 0.388 bits per heavy atom. The van der Waals surface area contributed by atoms with Crippen LogP contribution in [-0.4, -0.2) is 0 Å². The van der Waals surface area contributed by atoms with Gasteiger partial charge in [0.25, 0.3) is 0 Å². The summed E-state index contributed by atoms with van der Waals surface area (Å²) in [5, 5.41) is 0. The van der Waals surface area contributed by atoms with Gasteiger partial charge in [0.2, 0.25) is 0 Å². The smallest absolute Gasteiger partial charge is 0.358 e. The molecule has 5 nitrogen and oxygen atoms in total. The first-order valence-corrected chi connectivity index (χ1v) is 17.9. The van der Waals surface area contributed by atoms with Gasteiger partial charge >= 0.3 is 193 Å². The van der Waals surface area contributed by atoms with Crippen LogP contribution in [0.5, 0.6) is 0 Å². The number of aryl methyl sites for hydroxylation is 10. The second-order valence-electron chi connectivity index (χ2n) is 11.6. The summed E-state index contributed by atoms with van der Waals surface area (Å²) < 4.78 is 13.6. The third-order valence-electron chi connectivity index (χ3n) is 7.61. The molecule has 0 radical (unpaired) electrons. The summed E-state index contributed by atoms with van der Waals surface area (Å²) in [7, 11) is 0. The van der Waals surface area contributed by atoms with Gasteiger partial charge in [-0.1, -0.05) is 58.7 Å². The number of hydrogen-bond donors (Lipinski definition) is 0. The van der Waals surface area contributed by atoms with Crippen molar-refractivity contribution in [2.45, 2.75) is 69.2 Å². The van der Waals surface area contributed by atoms with E-state index in [0.717, 1.165) is 39.3 Å². The molecule has 0 aliphatic heterocycles. The first-order chi connectivity index (χ1) is 22.3. The van der Waals surface area contributed by atoms with E-state index >= 15 is 0 Å². The molecule has 0 saturated heterocycles. The van der Waals surface area contributed by atoms with E-state index in [1.807, 2.05) is 82.8 Å². The Bertz CT molecular complexity index is 1670. The monoisotopic (exact) mass is 821 g/mol. The predicted octanol–water partition coefficient (Wildman–Crippen LogP) is 14.9. The summed E-state index contributed by atoms with van der Waals surface area (Å²) in [6.07, 6.45) is 0. The molecule has 0 aliphatic carbocycles. The Morgan fingerprint density at radius 2 is 0.592 bits per heavy atom. The van der Waals surface area contributed by atoms with E-state index in [9.17, 15) is 0 Å². The molecule has 0 aliphatic rings. The molecule has 0 atom stereocenters. The van der Waals surface area contributed by atoms with Gasteiger partial charge in [-0.3, -0.25) is 0 Å². The van der Waals surface area contributed by atoms with Crippen LogP contribution >= 0.6 is 0 Å². The molecule has 5 aromatic carbocycles. The Balaban J connectivity index is 0.000000659. The van der Waals surface area contributed by atoms with Gasteiger partial charge in [-0.05, 0) is 27.7 Å². The van der Waals surface area contributed by atoms with E-state index in [0.29, 0.717) is 11.4 Å². The van der Waals surface area contributed by atoms with Gasteiger partial charge < -0.3 is 26.3 Å². The zero-order valence-corrected chi connectivity index (χ0v) is 35.0. The van der Waals surface area contributed by atoms with Gasteiger partial charge in [0.05, 0.1) is 0 Å². The quantitative estimate of drug-likeness (QED) is 0.162. The Kier molecular flexibility index (Phi) is 21.2. The fourth-order valence-corrected chi connectivity index (χ4v) is 6.97. The van der Waals surface area contributed by atoms with Gasteiger partial charge in [-0.25, -0.2) is 0 Å². The SMILES string of the molecule is Cc1cccc(C)c1[NH-].Cc1cccc(C)c1[NH-].Cc1cccc(C)c1[N]=[Tc+4].Cc1cccc(C)c1[N]=[Tc]=[N]c1c(C)cccc1C.[CH3-].[CH3-]. The minimum absolute atomic E-state index is 0. The van der Waals surface area contributed by atoms with Crippen molar-refractivity contribution in [3.8, 4) is 0 Å². The Labute approximate surface area is 315 Å². The van der Waals surface area contributed by atoms with Crippen molar-refractivity contribution < 1.29 is 36.0 Å². The van der Waals surface area contributed by atoms with E-state index in [1.54, 1.807) is 0 Å². The molecule has 0 amide bonds. The third kappa shape index (κ3) is 14.4. The van der Waals surface area contributed by atoms with Crippen molar-refractivity contribution in [2.75, 3.05) is 0 Å². The van der Waals surface area contributed by atoms with E-state index < -0.39 is 17.3 Å². The molecule has 7 heteroatoms. The summed E-state index contributed by atoms with van der Waals surface area (Å²) in [6, 6.07) is 30.5. The average molecular weight is 824 g/mol. The van der Waals surface area contributed by atoms with Crippen molar-refractivity contribution in [1.29, 1.82) is 0 Å². The molecule has 260 valence electrons. The Morgan fingerprint density at radius 3 is 0.776 bits per heavy atom. The van der Waals surface area contributed by atoms with Crippen LogP contribution in [0.3, 0.4) is 0 Å². The number of nitrogens with one attached hydrogen (secondary N) is 2. The number of benzene rings is 5. The molecule has 0 unspecified atom stereocenters. The molecule has 0 heterocycles. The third-order valence-corrected chi connectivity index (χ3v) is 9.23. The fourth-order valence-electron chi connectivity index (χ4n) is 4.54. The minimum atomic E-state index is -0.550. The molecule has 49 heavy (non-hydrogen) atoms. The van der Waals surface area contributed by atoms with Crippen LogP contribution in [0.15, 0.2) is 102 Å². The van der Waals surface area contributed by atoms with E-state index in [-0.39, 0.29) is 14.9 Å². The molecule has 0 spiro atoms. The molecule has 5 aromatic rings. The molecule has 5 rings (SSSR count). The van der Waals surface area contributed by atoms with E-state index in [2.05, 4.69) is 99.7 Å². The van der Waals surface area contributed by atoms with Crippen LogP contribution in [0.25, 0.3) is 11.5 Å². The van der Waals surface area contributed by atoms with Gasteiger partial charge in [-0.2, -0.15) is 0 Å². The van der Waals surface area contributed by atoms with Crippen LogP contribution in [0.2, 0.25) is 0 Å². The van der Waals surface area contributed by atoms with Crippen molar-refractivity contribution in [1.82, 2.24) is 0 Å². The van der Waals surface area contributed by atoms with Crippen molar-refractivity contribution >= 4 is 28.4 Å². The molecule has 0 bridgehead atoms. The minimum Gasteiger partial charge on any atom is -0.358 e. The zero-order chi connectivity index (χ0) is 35.1. The average Bonchev–Trinajstić information content (AvgIpc) is 3.02. The Hall–Kier alpha value is -3.60. The second kappa shape index (κ2) is 22.9. The molecule has 0 fully saturated rings. The number of rotatable bonds is 3. The molecular formula is C42H53N5Tc2. The van der Waals surface area contributed by atoms with Crippen LogP contribution in [-0.2, 0) is 36.0 Å². The van der Waals surface area contributed by atoms with Crippen LogP contribution in [0, 0.1) is 84.1 Å². The van der Waals surface area contributed by atoms with Crippen LogP contribution < -0.4 is 0 Å². The van der Waals surface area contributed by atoms with Crippen molar-refractivity contribution in [3.63, 3.8) is 0 Å². The van der Waals surface area contributed by atoms with Gasteiger partial charge in [0.15, 0.2) is 0 Å².